The first-order chi connectivity index (χ1) is 13.0. The summed E-state index contributed by atoms with van der Waals surface area (Å²) >= 11 is 0. The van der Waals surface area contributed by atoms with E-state index in [9.17, 15) is 9.59 Å². The highest BCUT2D eigenvalue weighted by Gasteiger charge is 2.32. The number of pyridine rings is 2. The lowest BCUT2D eigenvalue weighted by Crippen LogP contribution is -2.57. The monoisotopic (exact) mass is 364 g/mol. The average molecular weight is 364 g/mol. The van der Waals surface area contributed by atoms with Gasteiger partial charge in [-0.05, 0) is 30.7 Å². The van der Waals surface area contributed by atoms with Crippen molar-refractivity contribution >= 4 is 17.4 Å². The minimum absolute atomic E-state index is 0.0348. The van der Waals surface area contributed by atoms with Gasteiger partial charge in [0.15, 0.2) is 0 Å². The molecule has 8 heteroatoms. The molecule has 1 aliphatic heterocycles. The van der Waals surface area contributed by atoms with Crippen LogP contribution in [0.15, 0.2) is 47.0 Å². The number of nitriles is 1. The molecule has 0 atom stereocenters. The molecule has 2 aromatic rings. The van der Waals surface area contributed by atoms with Gasteiger partial charge in [-0.25, -0.2) is 4.98 Å². The smallest absolute Gasteiger partial charge is 0.271 e. The van der Waals surface area contributed by atoms with Gasteiger partial charge in [-0.1, -0.05) is 6.08 Å². The largest absolute Gasteiger partial charge is 0.374 e. The number of rotatable bonds is 5. The molecule has 0 aliphatic carbocycles. The van der Waals surface area contributed by atoms with Crippen molar-refractivity contribution in [3.63, 3.8) is 0 Å². The molecule has 0 unspecified atom stereocenters. The Morgan fingerprint density at radius 1 is 1.41 bits per heavy atom. The zero-order valence-electron chi connectivity index (χ0n) is 15.1. The lowest BCUT2D eigenvalue weighted by Gasteiger charge is -2.39. The Bertz CT molecular complexity index is 982. The number of hydrogen-bond acceptors (Lipinski definition) is 6. The van der Waals surface area contributed by atoms with Crippen molar-refractivity contribution in [2.45, 2.75) is 13.0 Å². The van der Waals surface area contributed by atoms with Gasteiger partial charge in [-0.2, -0.15) is 5.26 Å². The maximum atomic E-state index is 12.1. The van der Waals surface area contributed by atoms with Gasteiger partial charge in [0.1, 0.15) is 23.1 Å². The van der Waals surface area contributed by atoms with Crippen LogP contribution in [0.2, 0.25) is 0 Å². The first-order valence-electron chi connectivity index (χ1n) is 8.54. The van der Waals surface area contributed by atoms with Gasteiger partial charge in [-0.15, -0.1) is 0 Å². The minimum Gasteiger partial charge on any atom is -0.374 e. The van der Waals surface area contributed by atoms with Gasteiger partial charge < -0.3 is 20.5 Å². The molecule has 3 N–H and O–H groups in total. The van der Waals surface area contributed by atoms with Crippen molar-refractivity contribution in [1.82, 2.24) is 14.9 Å². The molecular weight excluding hydrogens is 344 g/mol. The van der Waals surface area contributed by atoms with Crippen molar-refractivity contribution in [1.29, 1.82) is 5.26 Å². The predicted octanol–water partition coefficient (Wildman–Crippen LogP) is 1.57. The van der Waals surface area contributed by atoms with Gasteiger partial charge >= 0.3 is 0 Å². The second-order valence-electron chi connectivity index (χ2n) is 6.18. The number of likely N-dealkylation sites (tertiary alicyclic amines) is 1. The van der Waals surface area contributed by atoms with E-state index in [2.05, 4.69) is 20.6 Å². The summed E-state index contributed by atoms with van der Waals surface area (Å²) in [5, 5.41) is 15.1. The fraction of sp³-hybridized carbons (Fsp3) is 0.263. The molecule has 2 aromatic heterocycles. The van der Waals surface area contributed by atoms with Crippen LogP contribution >= 0.6 is 0 Å². The molecule has 0 bridgehead atoms. The first kappa shape index (κ1) is 18.2. The van der Waals surface area contributed by atoms with Crippen LogP contribution in [0.5, 0.6) is 0 Å². The van der Waals surface area contributed by atoms with E-state index in [1.165, 1.54) is 6.08 Å². The van der Waals surface area contributed by atoms with E-state index in [0.717, 1.165) is 16.9 Å². The maximum Gasteiger partial charge on any atom is 0.271 e. The third kappa shape index (κ3) is 3.82. The van der Waals surface area contributed by atoms with Gasteiger partial charge in [-0.3, -0.25) is 9.59 Å². The topological polar surface area (TPSA) is 114 Å². The Hall–Kier alpha value is -3.60. The highest BCUT2D eigenvalue weighted by atomic mass is 16.2. The van der Waals surface area contributed by atoms with Crippen LogP contribution in [0.4, 0.5) is 11.5 Å². The fourth-order valence-electron chi connectivity index (χ4n) is 2.87. The number of nitrogens with one attached hydrogen (secondary N) is 3. The summed E-state index contributed by atoms with van der Waals surface area (Å²) in [5.41, 5.74) is 2.12. The number of aromatic nitrogens is 2. The minimum atomic E-state index is -0.280. The van der Waals surface area contributed by atoms with Crippen LogP contribution in [0, 0.1) is 11.3 Å². The van der Waals surface area contributed by atoms with E-state index < -0.39 is 0 Å². The van der Waals surface area contributed by atoms with Crippen molar-refractivity contribution in [2.24, 2.45) is 0 Å². The summed E-state index contributed by atoms with van der Waals surface area (Å²) in [6.07, 6.45) is 4.86. The van der Waals surface area contributed by atoms with Gasteiger partial charge in [0.25, 0.3) is 11.5 Å². The lowest BCUT2D eigenvalue weighted by molar-refractivity contribution is -0.130. The molecule has 0 saturated carbocycles. The van der Waals surface area contributed by atoms with Gasteiger partial charge in [0.05, 0.1) is 6.04 Å². The standard InChI is InChI=1S/C19H20N6O2/c1-3-12(8-20)19(27)25-10-15(11-25)24-16-6-14(9-23-18(16)26)13-4-5-22-17(7-13)21-2/h3-7,9,15,24H,10-11H2,1-2H3,(H,21,22)(H,23,26). The van der Waals surface area contributed by atoms with Crippen molar-refractivity contribution < 1.29 is 4.79 Å². The summed E-state index contributed by atoms with van der Waals surface area (Å²) in [6.45, 7) is 2.55. The molecule has 0 spiro atoms. The van der Waals surface area contributed by atoms with E-state index in [0.29, 0.717) is 18.8 Å². The quantitative estimate of drug-likeness (QED) is 0.548. The third-order valence-corrected chi connectivity index (χ3v) is 4.42. The Labute approximate surface area is 156 Å². The van der Waals surface area contributed by atoms with Crippen LogP contribution in [0.1, 0.15) is 6.92 Å². The van der Waals surface area contributed by atoms with Gasteiger partial charge in [0, 0.05) is 38.1 Å². The number of anilines is 2. The molecule has 27 heavy (non-hydrogen) atoms. The first-order valence-corrected chi connectivity index (χ1v) is 8.54. The van der Waals surface area contributed by atoms with Crippen LogP contribution in [0.3, 0.4) is 0 Å². The third-order valence-electron chi connectivity index (χ3n) is 4.42. The van der Waals surface area contributed by atoms with Crippen molar-refractivity contribution in [3.05, 3.63) is 52.6 Å². The number of carbonyl (C=O) groups excluding carboxylic acids is 1. The summed E-state index contributed by atoms with van der Waals surface area (Å²) in [7, 11) is 1.79. The van der Waals surface area contributed by atoms with E-state index >= 15 is 0 Å². The Morgan fingerprint density at radius 3 is 2.85 bits per heavy atom. The molecule has 1 saturated heterocycles. The van der Waals surface area contributed by atoms with E-state index in [1.807, 2.05) is 18.2 Å². The summed E-state index contributed by atoms with van der Waals surface area (Å²) in [6, 6.07) is 7.40. The van der Waals surface area contributed by atoms with E-state index in [-0.39, 0.29) is 23.1 Å². The number of H-pyrrole nitrogens is 1. The number of nitrogens with zero attached hydrogens (tertiary/aromatic N) is 3. The Kier molecular flexibility index (Phi) is 5.22. The number of amides is 1. The van der Waals surface area contributed by atoms with E-state index in [4.69, 9.17) is 5.26 Å². The molecule has 138 valence electrons. The summed E-state index contributed by atoms with van der Waals surface area (Å²) < 4.78 is 0. The number of aromatic amines is 1. The summed E-state index contributed by atoms with van der Waals surface area (Å²) in [5.74, 6) is 0.454. The van der Waals surface area contributed by atoms with Crippen LogP contribution < -0.4 is 16.2 Å². The number of allylic oxidation sites excluding steroid dienone is 1. The second-order valence-corrected chi connectivity index (χ2v) is 6.18. The normalized spacial score (nSPS) is 14.3. The Morgan fingerprint density at radius 2 is 2.19 bits per heavy atom. The predicted molar refractivity (Wildman–Crippen MR) is 103 cm³/mol. The second kappa shape index (κ2) is 7.74. The molecular formula is C19H20N6O2. The van der Waals surface area contributed by atoms with E-state index in [1.54, 1.807) is 37.3 Å². The van der Waals surface area contributed by atoms with Crippen LogP contribution in [-0.2, 0) is 4.79 Å². The van der Waals surface area contributed by atoms with Crippen molar-refractivity contribution in [3.8, 4) is 17.2 Å². The molecule has 0 radical (unpaired) electrons. The molecule has 8 nitrogen and oxygen atoms in total. The zero-order valence-corrected chi connectivity index (χ0v) is 15.1. The number of hydrogen-bond donors (Lipinski definition) is 3. The molecule has 3 rings (SSSR count). The van der Waals surface area contributed by atoms with Gasteiger partial charge in [0.2, 0.25) is 0 Å². The average Bonchev–Trinajstić information content (AvgIpc) is 2.66. The maximum absolute atomic E-state index is 12.1. The van der Waals surface area contributed by atoms with Crippen LogP contribution in [-0.4, -0.2) is 47.0 Å². The molecule has 0 aromatic carbocycles. The lowest BCUT2D eigenvalue weighted by atomic mass is 10.1. The molecule has 1 amide bonds. The zero-order chi connectivity index (χ0) is 19.4. The SMILES string of the molecule is CC=C(C#N)C(=O)N1CC(Nc2cc(-c3ccnc(NC)c3)c[nH]c2=O)C1. The van der Waals surface area contributed by atoms with Crippen molar-refractivity contribution in [2.75, 3.05) is 30.8 Å². The highest BCUT2D eigenvalue weighted by molar-refractivity contribution is 5.97. The van der Waals surface area contributed by atoms with Crippen LogP contribution in [0.25, 0.3) is 11.1 Å². The fourth-order valence-corrected chi connectivity index (χ4v) is 2.87. The molecule has 3 heterocycles. The molecule has 1 aliphatic rings. The molecule has 1 fully saturated rings. The number of carbonyl (C=O) groups is 1. The Balaban J connectivity index is 1.71. The summed E-state index contributed by atoms with van der Waals surface area (Å²) in [4.78, 5) is 32.7. The highest BCUT2D eigenvalue weighted by Crippen LogP contribution is 2.23.